The Balaban J connectivity index is 1.64. The highest BCUT2D eigenvalue weighted by Crippen LogP contribution is 2.36. The van der Waals surface area contributed by atoms with Crippen molar-refractivity contribution in [2.24, 2.45) is 0 Å². The maximum absolute atomic E-state index is 10.9. The number of hydrogen-bond acceptors (Lipinski definition) is 9. The van der Waals surface area contributed by atoms with Gasteiger partial charge in [0.2, 0.25) is 23.5 Å². The lowest BCUT2D eigenvalue weighted by Gasteiger charge is -2.21. The van der Waals surface area contributed by atoms with E-state index in [4.69, 9.17) is 10.3 Å². The van der Waals surface area contributed by atoms with Gasteiger partial charge in [0, 0.05) is 16.6 Å². The zero-order chi connectivity index (χ0) is 19.0. The van der Waals surface area contributed by atoms with Crippen LogP contribution in [0.5, 0.6) is 0 Å². The smallest absolute Gasteiger partial charge is 0.329 e. The summed E-state index contributed by atoms with van der Waals surface area (Å²) < 4.78 is 6.35. The second-order valence-electron chi connectivity index (χ2n) is 5.99. The third-order valence-electron chi connectivity index (χ3n) is 4.33. The van der Waals surface area contributed by atoms with Gasteiger partial charge in [-0.15, -0.1) is 0 Å². The van der Waals surface area contributed by atoms with Crippen LogP contribution in [0.1, 0.15) is 24.8 Å². The van der Waals surface area contributed by atoms with E-state index in [1.54, 1.807) is 0 Å². The second-order valence-corrected chi connectivity index (χ2v) is 6.84. The van der Waals surface area contributed by atoms with Gasteiger partial charge >= 0.3 is 5.69 Å². The van der Waals surface area contributed by atoms with Gasteiger partial charge in [0.15, 0.2) is 0 Å². The molecule has 11 heteroatoms. The quantitative estimate of drug-likeness (QED) is 0.487. The molecule has 0 saturated carbocycles. The summed E-state index contributed by atoms with van der Waals surface area (Å²) in [6, 6.07) is 7.38. The number of halogens is 1. The number of rotatable bonds is 4. The van der Waals surface area contributed by atoms with Crippen LogP contribution < -0.4 is 10.6 Å². The molecule has 1 saturated heterocycles. The first-order chi connectivity index (χ1) is 13.0. The van der Waals surface area contributed by atoms with Crippen molar-refractivity contribution in [2.45, 2.75) is 18.9 Å². The molecule has 0 aliphatic carbocycles. The minimum absolute atomic E-state index is 0.171. The van der Waals surface area contributed by atoms with Gasteiger partial charge in [-0.1, -0.05) is 33.2 Å². The van der Waals surface area contributed by atoms with E-state index < -0.39 is 4.92 Å². The van der Waals surface area contributed by atoms with Crippen molar-refractivity contribution in [2.75, 3.05) is 17.2 Å². The predicted octanol–water partition coefficient (Wildman–Crippen LogP) is 3.12. The summed E-state index contributed by atoms with van der Waals surface area (Å²) in [6.07, 6.45) is 2.77. The Labute approximate surface area is 161 Å². The van der Waals surface area contributed by atoms with E-state index in [2.05, 4.69) is 36.0 Å². The molecule has 1 aliphatic heterocycles. The largest absolute Gasteiger partial charge is 0.378 e. The van der Waals surface area contributed by atoms with Gasteiger partial charge < -0.3 is 15.2 Å². The molecule has 0 radical (unpaired) electrons. The SMILES string of the molecule is Nc1nc(N2CCCC2c2nc(-c3ccccc3Br)no2)ncc1[N+](=O)[O-]. The molecule has 1 unspecified atom stereocenters. The maximum atomic E-state index is 10.9. The number of anilines is 2. The first kappa shape index (κ1) is 17.3. The lowest BCUT2D eigenvalue weighted by Crippen LogP contribution is -2.25. The van der Waals surface area contributed by atoms with Gasteiger partial charge in [-0.3, -0.25) is 10.1 Å². The summed E-state index contributed by atoms with van der Waals surface area (Å²) in [5.74, 6) is 1.06. The van der Waals surface area contributed by atoms with Crippen molar-refractivity contribution in [3.8, 4) is 11.4 Å². The average molecular weight is 432 g/mol. The van der Waals surface area contributed by atoms with Gasteiger partial charge in [-0.2, -0.15) is 9.97 Å². The number of hydrogen-bond donors (Lipinski definition) is 1. The Bertz CT molecular complexity index is 1010. The van der Waals surface area contributed by atoms with Crippen LogP contribution in [-0.4, -0.2) is 31.6 Å². The van der Waals surface area contributed by atoms with Gasteiger partial charge in [0.25, 0.3) is 0 Å². The lowest BCUT2D eigenvalue weighted by molar-refractivity contribution is -0.384. The third-order valence-corrected chi connectivity index (χ3v) is 5.02. The molecule has 10 nitrogen and oxygen atoms in total. The number of aromatic nitrogens is 4. The molecule has 138 valence electrons. The van der Waals surface area contributed by atoms with Gasteiger partial charge in [0.05, 0.1) is 4.92 Å². The number of nitrogen functional groups attached to an aromatic ring is 1. The Morgan fingerprint density at radius 1 is 1.33 bits per heavy atom. The molecule has 27 heavy (non-hydrogen) atoms. The Kier molecular flexibility index (Phi) is 4.44. The highest BCUT2D eigenvalue weighted by atomic mass is 79.9. The molecule has 3 heterocycles. The molecule has 0 amide bonds. The fourth-order valence-corrected chi connectivity index (χ4v) is 3.51. The first-order valence-corrected chi connectivity index (χ1v) is 8.96. The highest BCUT2D eigenvalue weighted by molar-refractivity contribution is 9.10. The molecule has 2 aromatic heterocycles. The maximum Gasteiger partial charge on any atom is 0.329 e. The standard InChI is InChI=1S/C16H14BrN7O3/c17-10-5-2-1-4-9(10)14-21-15(27-22-14)11-6-3-7-23(11)16-19-8-12(24(25)26)13(18)20-16/h1-2,4-5,8,11H,3,6-7H2,(H2,18,19,20). The lowest BCUT2D eigenvalue weighted by atomic mass is 10.2. The van der Waals surface area contributed by atoms with Gasteiger partial charge in [-0.25, -0.2) is 4.98 Å². The molecular formula is C16H14BrN7O3. The molecular weight excluding hydrogens is 418 g/mol. The van der Waals surface area contributed by atoms with Crippen LogP contribution >= 0.6 is 15.9 Å². The molecule has 0 bridgehead atoms. The summed E-state index contributed by atoms with van der Waals surface area (Å²) in [7, 11) is 0. The topological polar surface area (TPSA) is 137 Å². The Morgan fingerprint density at radius 2 is 2.15 bits per heavy atom. The first-order valence-electron chi connectivity index (χ1n) is 8.16. The van der Waals surface area contributed by atoms with Crippen molar-refractivity contribution in [3.63, 3.8) is 0 Å². The van der Waals surface area contributed by atoms with E-state index in [1.165, 1.54) is 0 Å². The minimum Gasteiger partial charge on any atom is -0.378 e. The average Bonchev–Trinajstić information content (AvgIpc) is 3.31. The molecule has 1 aliphatic rings. The van der Waals surface area contributed by atoms with Crippen molar-refractivity contribution in [1.29, 1.82) is 0 Å². The van der Waals surface area contributed by atoms with Crippen molar-refractivity contribution < 1.29 is 9.45 Å². The number of benzene rings is 1. The van der Waals surface area contributed by atoms with E-state index >= 15 is 0 Å². The summed E-state index contributed by atoms with van der Waals surface area (Å²) >= 11 is 3.48. The fraction of sp³-hybridized carbons (Fsp3) is 0.250. The predicted molar refractivity (Wildman–Crippen MR) is 99.9 cm³/mol. The summed E-state index contributed by atoms with van der Waals surface area (Å²) in [4.78, 5) is 24.9. The van der Waals surface area contributed by atoms with E-state index in [0.29, 0.717) is 24.2 Å². The van der Waals surface area contributed by atoms with Crippen LogP contribution in [0.25, 0.3) is 11.4 Å². The molecule has 3 aromatic rings. The Morgan fingerprint density at radius 3 is 2.89 bits per heavy atom. The molecule has 2 N–H and O–H groups in total. The second kappa shape index (κ2) is 6.91. The van der Waals surface area contributed by atoms with Crippen molar-refractivity contribution in [3.05, 3.63) is 50.9 Å². The summed E-state index contributed by atoms with van der Waals surface area (Å²) in [5, 5.41) is 15.0. The third kappa shape index (κ3) is 3.21. The van der Waals surface area contributed by atoms with E-state index in [-0.39, 0.29) is 17.5 Å². The van der Waals surface area contributed by atoms with Crippen LogP contribution in [0.4, 0.5) is 17.5 Å². The zero-order valence-electron chi connectivity index (χ0n) is 13.9. The molecule has 1 atom stereocenters. The van der Waals surface area contributed by atoms with Gasteiger partial charge in [0.1, 0.15) is 12.2 Å². The molecule has 1 aromatic carbocycles. The zero-order valence-corrected chi connectivity index (χ0v) is 15.5. The normalized spacial score (nSPS) is 16.6. The molecule has 4 rings (SSSR count). The minimum atomic E-state index is -0.609. The van der Waals surface area contributed by atoms with E-state index in [1.807, 2.05) is 29.2 Å². The van der Waals surface area contributed by atoms with Crippen LogP contribution in [0.15, 0.2) is 39.5 Å². The summed E-state index contributed by atoms with van der Waals surface area (Å²) in [5.41, 5.74) is 6.21. The molecule has 1 fully saturated rings. The van der Waals surface area contributed by atoms with Crippen LogP contribution in [-0.2, 0) is 0 Å². The highest BCUT2D eigenvalue weighted by Gasteiger charge is 2.33. The van der Waals surface area contributed by atoms with Crippen molar-refractivity contribution >= 4 is 33.4 Å². The number of nitro groups is 1. The Hall–Kier alpha value is -3.08. The molecule has 0 spiro atoms. The van der Waals surface area contributed by atoms with Crippen LogP contribution in [0, 0.1) is 10.1 Å². The van der Waals surface area contributed by atoms with E-state index in [0.717, 1.165) is 29.1 Å². The van der Waals surface area contributed by atoms with Crippen LogP contribution in [0.2, 0.25) is 0 Å². The van der Waals surface area contributed by atoms with Gasteiger partial charge in [-0.05, 0) is 25.0 Å². The van der Waals surface area contributed by atoms with Crippen LogP contribution in [0.3, 0.4) is 0 Å². The van der Waals surface area contributed by atoms with E-state index in [9.17, 15) is 10.1 Å². The van der Waals surface area contributed by atoms with Crippen molar-refractivity contribution in [1.82, 2.24) is 20.1 Å². The fourth-order valence-electron chi connectivity index (χ4n) is 3.04. The number of nitrogens with two attached hydrogens (primary N) is 1. The summed E-state index contributed by atoms with van der Waals surface area (Å²) in [6.45, 7) is 0.661. The number of nitrogens with zero attached hydrogens (tertiary/aromatic N) is 6. The monoisotopic (exact) mass is 431 g/mol.